The zero-order valence-electron chi connectivity index (χ0n) is 11.8. The molecule has 6 nitrogen and oxygen atoms in total. The van der Waals surface area contributed by atoms with Gasteiger partial charge in [0.05, 0.1) is 5.54 Å². The van der Waals surface area contributed by atoms with Gasteiger partial charge in [-0.3, -0.25) is 0 Å². The minimum atomic E-state index is -0.244. The summed E-state index contributed by atoms with van der Waals surface area (Å²) in [6.07, 6.45) is 2.04. The van der Waals surface area contributed by atoms with Crippen molar-refractivity contribution in [2.45, 2.75) is 45.2 Å². The average molecular weight is 262 g/mol. The Morgan fingerprint density at radius 1 is 1.42 bits per heavy atom. The number of nitrogens with zero attached hydrogens (tertiary/aromatic N) is 4. The van der Waals surface area contributed by atoms with Crippen molar-refractivity contribution in [1.82, 2.24) is 9.78 Å². The predicted molar refractivity (Wildman–Crippen MR) is 75.8 cm³/mol. The maximum atomic E-state index is 9.33. The van der Waals surface area contributed by atoms with E-state index in [4.69, 9.17) is 11.5 Å². The lowest BCUT2D eigenvalue weighted by molar-refractivity contribution is 0.360. The van der Waals surface area contributed by atoms with Crippen LogP contribution in [0.15, 0.2) is 0 Å². The first-order chi connectivity index (χ1) is 8.84. The molecule has 0 saturated carbocycles. The van der Waals surface area contributed by atoms with E-state index in [9.17, 15) is 5.26 Å². The largest absolute Gasteiger partial charge is 0.383 e. The first kappa shape index (κ1) is 13.7. The third-order valence-corrected chi connectivity index (χ3v) is 3.41. The van der Waals surface area contributed by atoms with E-state index in [1.54, 1.807) is 4.68 Å². The summed E-state index contributed by atoms with van der Waals surface area (Å²) < 4.78 is 1.72. The van der Waals surface area contributed by atoms with Crippen LogP contribution >= 0.6 is 0 Å². The summed E-state index contributed by atoms with van der Waals surface area (Å²) in [5, 5.41) is 13.9. The fourth-order valence-corrected chi connectivity index (χ4v) is 2.46. The maximum absolute atomic E-state index is 9.33. The smallest absolute Gasteiger partial charge is 0.170 e. The zero-order valence-corrected chi connectivity index (χ0v) is 11.8. The van der Waals surface area contributed by atoms with Crippen molar-refractivity contribution in [3.8, 4) is 6.07 Å². The molecule has 0 bridgehead atoms. The van der Waals surface area contributed by atoms with E-state index < -0.39 is 0 Å². The van der Waals surface area contributed by atoms with E-state index in [0.29, 0.717) is 17.2 Å². The minimum Gasteiger partial charge on any atom is -0.383 e. The zero-order chi connectivity index (χ0) is 14.2. The van der Waals surface area contributed by atoms with Crippen LogP contribution in [0.2, 0.25) is 0 Å². The number of rotatable bonds is 1. The molecule has 1 aliphatic heterocycles. The fraction of sp³-hybridized carbons (Fsp3) is 0.692. The van der Waals surface area contributed by atoms with Gasteiger partial charge in [0.15, 0.2) is 5.82 Å². The topological polar surface area (TPSA) is 96.9 Å². The van der Waals surface area contributed by atoms with E-state index in [-0.39, 0.29) is 11.6 Å². The Morgan fingerprint density at radius 2 is 2.11 bits per heavy atom. The molecular weight excluding hydrogens is 240 g/mol. The normalized spacial score (nSPS) is 20.4. The highest BCUT2D eigenvalue weighted by Crippen LogP contribution is 2.30. The average Bonchev–Trinajstić information content (AvgIpc) is 2.66. The number of piperidine rings is 1. The van der Waals surface area contributed by atoms with Gasteiger partial charge in [0.1, 0.15) is 17.5 Å². The van der Waals surface area contributed by atoms with Gasteiger partial charge >= 0.3 is 0 Å². The number of hydrogen-bond donors (Lipinski definition) is 2. The van der Waals surface area contributed by atoms with E-state index >= 15 is 0 Å². The van der Waals surface area contributed by atoms with Crippen LogP contribution in [-0.4, -0.2) is 28.9 Å². The van der Waals surface area contributed by atoms with E-state index in [0.717, 1.165) is 25.9 Å². The first-order valence-electron chi connectivity index (χ1n) is 6.64. The molecule has 2 rings (SSSR count). The van der Waals surface area contributed by atoms with Crippen molar-refractivity contribution >= 4 is 11.6 Å². The molecule has 0 spiro atoms. The molecule has 1 aromatic rings. The number of anilines is 2. The second-order valence-corrected chi connectivity index (χ2v) is 6.13. The lowest BCUT2D eigenvalue weighted by atomic mass is 10.1. The molecule has 0 radical (unpaired) electrons. The van der Waals surface area contributed by atoms with E-state index in [2.05, 4.69) is 16.1 Å². The Balaban J connectivity index is 2.43. The molecular formula is C13H22N6. The molecule has 104 valence electrons. The van der Waals surface area contributed by atoms with E-state index in [1.807, 2.05) is 20.8 Å². The number of nitrogen functional groups attached to an aromatic ring is 1. The van der Waals surface area contributed by atoms with Crippen LogP contribution in [0.25, 0.3) is 0 Å². The summed E-state index contributed by atoms with van der Waals surface area (Å²) in [5.41, 5.74) is 12.3. The minimum absolute atomic E-state index is 0.140. The van der Waals surface area contributed by atoms with Crippen LogP contribution in [0.3, 0.4) is 0 Å². The van der Waals surface area contributed by atoms with Gasteiger partial charge in [-0.2, -0.15) is 10.4 Å². The molecule has 0 aliphatic carbocycles. The highest BCUT2D eigenvalue weighted by molar-refractivity contribution is 5.65. The molecule has 1 atom stereocenters. The summed E-state index contributed by atoms with van der Waals surface area (Å²) in [5.74, 6) is 1.11. The van der Waals surface area contributed by atoms with Gasteiger partial charge in [0, 0.05) is 19.1 Å². The molecule has 0 amide bonds. The molecule has 4 N–H and O–H groups in total. The van der Waals surface area contributed by atoms with Crippen molar-refractivity contribution in [2.24, 2.45) is 5.73 Å². The number of hydrogen-bond acceptors (Lipinski definition) is 5. The quantitative estimate of drug-likeness (QED) is 0.787. The number of nitrogens with two attached hydrogens (primary N) is 2. The molecule has 1 aromatic heterocycles. The third kappa shape index (κ3) is 2.51. The summed E-state index contributed by atoms with van der Waals surface area (Å²) in [6.45, 7) is 7.66. The van der Waals surface area contributed by atoms with Gasteiger partial charge in [-0.15, -0.1) is 0 Å². The summed E-state index contributed by atoms with van der Waals surface area (Å²) in [7, 11) is 0. The van der Waals surface area contributed by atoms with Crippen LogP contribution in [0, 0.1) is 11.3 Å². The molecule has 6 heteroatoms. The Hall–Kier alpha value is -1.74. The van der Waals surface area contributed by atoms with Crippen molar-refractivity contribution in [3.05, 3.63) is 5.56 Å². The third-order valence-electron chi connectivity index (χ3n) is 3.41. The van der Waals surface area contributed by atoms with Crippen molar-refractivity contribution in [3.63, 3.8) is 0 Å². The molecule has 2 heterocycles. The molecule has 19 heavy (non-hydrogen) atoms. The van der Waals surface area contributed by atoms with Gasteiger partial charge < -0.3 is 16.4 Å². The molecule has 1 saturated heterocycles. The Bertz CT molecular complexity index is 504. The monoisotopic (exact) mass is 262 g/mol. The summed E-state index contributed by atoms with van der Waals surface area (Å²) in [6, 6.07) is 2.32. The lowest BCUT2D eigenvalue weighted by Gasteiger charge is -2.31. The highest BCUT2D eigenvalue weighted by atomic mass is 15.4. The second kappa shape index (κ2) is 4.74. The highest BCUT2D eigenvalue weighted by Gasteiger charge is 2.28. The SMILES string of the molecule is CC(C)(C)n1nc(N2CCCC(N)C2)c(C#N)c1N. The Labute approximate surface area is 114 Å². The van der Waals surface area contributed by atoms with Crippen molar-refractivity contribution in [1.29, 1.82) is 5.26 Å². The van der Waals surface area contributed by atoms with Gasteiger partial charge in [0.2, 0.25) is 0 Å². The van der Waals surface area contributed by atoms with Crippen LogP contribution < -0.4 is 16.4 Å². The Morgan fingerprint density at radius 3 is 2.63 bits per heavy atom. The fourth-order valence-electron chi connectivity index (χ4n) is 2.46. The van der Waals surface area contributed by atoms with Gasteiger partial charge in [-0.25, -0.2) is 4.68 Å². The Kier molecular flexibility index (Phi) is 3.42. The number of aromatic nitrogens is 2. The maximum Gasteiger partial charge on any atom is 0.170 e. The second-order valence-electron chi connectivity index (χ2n) is 6.13. The van der Waals surface area contributed by atoms with Crippen molar-refractivity contribution < 1.29 is 0 Å². The summed E-state index contributed by atoms with van der Waals surface area (Å²) >= 11 is 0. The van der Waals surface area contributed by atoms with Crippen LogP contribution in [0.1, 0.15) is 39.2 Å². The molecule has 1 fully saturated rings. The van der Waals surface area contributed by atoms with Crippen LogP contribution in [0.4, 0.5) is 11.6 Å². The van der Waals surface area contributed by atoms with E-state index in [1.165, 1.54) is 0 Å². The summed E-state index contributed by atoms with van der Waals surface area (Å²) in [4.78, 5) is 2.07. The van der Waals surface area contributed by atoms with Crippen LogP contribution in [0.5, 0.6) is 0 Å². The van der Waals surface area contributed by atoms with Gasteiger partial charge in [-0.1, -0.05) is 0 Å². The molecule has 1 aliphatic rings. The van der Waals surface area contributed by atoms with Gasteiger partial charge in [0.25, 0.3) is 0 Å². The lowest BCUT2D eigenvalue weighted by Crippen LogP contribution is -2.43. The standard InChI is InChI=1S/C13H22N6/c1-13(2,3)19-11(16)10(7-14)12(17-19)18-6-4-5-9(15)8-18/h9H,4-6,8,15-16H2,1-3H3. The first-order valence-corrected chi connectivity index (χ1v) is 6.64. The molecule has 1 unspecified atom stereocenters. The van der Waals surface area contributed by atoms with Crippen LogP contribution in [-0.2, 0) is 5.54 Å². The predicted octanol–water partition coefficient (Wildman–Crippen LogP) is 1.02. The van der Waals surface area contributed by atoms with Gasteiger partial charge in [-0.05, 0) is 33.6 Å². The number of nitriles is 1. The van der Waals surface area contributed by atoms with Crippen molar-refractivity contribution in [2.75, 3.05) is 23.7 Å². The molecule has 0 aromatic carbocycles.